The Morgan fingerprint density at radius 1 is 1.40 bits per heavy atom. The molecule has 10 heavy (non-hydrogen) atoms. The Kier molecular flexibility index (Phi) is 4.56. The Labute approximate surface area is 83.6 Å². The molecule has 0 aliphatic carbocycles. The minimum absolute atomic E-state index is 0. The molecule has 0 nitrogen and oxygen atoms in total. The average molecular weight is 167 g/mol. The van der Waals surface area contributed by atoms with Crippen LogP contribution >= 0.6 is 24.2 Å². The Hall–Kier alpha value is 0.457. The van der Waals surface area contributed by atoms with Crippen LogP contribution in [-0.2, 0) is 0 Å². The summed E-state index contributed by atoms with van der Waals surface area (Å²) in [4.78, 5) is 0.874. The van der Waals surface area contributed by atoms with Gasteiger partial charge < -0.3 is 0 Å². The maximum absolute atomic E-state index is 5.74. The second-order valence-corrected chi connectivity index (χ2v) is 2.76. The minimum atomic E-state index is 0. The quantitative estimate of drug-likeness (QED) is 0.444. The first-order chi connectivity index (χ1) is 4.22. The van der Waals surface area contributed by atoms with Gasteiger partial charge in [-0.2, -0.15) is 0 Å². The van der Waals surface area contributed by atoms with E-state index in [1.54, 1.807) is 0 Å². The zero-order chi connectivity index (χ0) is 6.85. The molecule has 3 heteroatoms. The van der Waals surface area contributed by atoms with Gasteiger partial charge in [0.2, 0.25) is 0 Å². The summed E-state index contributed by atoms with van der Waals surface area (Å²) < 4.78 is 0. The number of aryl methyl sites for hydroxylation is 1. The third-order valence-corrected chi connectivity index (χ3v) is 2.23. The number of hydrogen-bond acceptors (Lipinski definition) is 1. The molecule has 0 radical (unpaired) electrons. The third kappa shape index (κ3) is 2.25. The van der Waals surface area contributed by atoms with E-state index in [0.717, 1.165) is 15.5 Å². The fraction of sp³-hybridized carbons (Fsp3) is 0.143. The van der Waals surface area contributed by atoms with Crippen LogP contribution in [0.2, 0.25) is 5.02 Å². The van der Waals surface area contributed by atoms with E-state index in [0.29, 0.717) is 0 Å². The Morgan fingerprint density at radius 3 is 2.40 bits per heavy atom. The molecule has 0 N–H and O–H groups in total. The molecule has 0 unspecified atom stereocenters. The fourth-order valence-corrected chi connectivity index (χ4v) is 0.994. The van der Waals surface area contributed by atoms with Crippen LogP contribution < -0.4 is 0 Å². The number of benzene rings is 1. The Morgan fingerprint density at radius 2 is 2.00 bits per heavy atom. The Balaban J connectivity index is 0.000000810. The van der Waals surface area contributed by atoms with Crippen LogP contribution in [0, 0.1) is 6.92 Å². The summed E-state index contributed by atoms with van der Waals surface area (Å²) >= 11 is 9.92. The average Bonchev–Trinajstić information content (AvgIpc) is 1.83. The molecule has 0 aliphatic rings. The van der Waals surface area contributed by atoms with E-state index in [1.807, 2.05) is 25.1 Å². The van der Waals surface area contributed by atoms with E-state index in [9.17, 15) is 0 Å². The van der Waals surface area contributed by atoms with Crippen LogP contribution in [0.3, 0.4) is 0 Å². The van der Waals surface area contributed by atoms with E-state index in [-0.39, 0.29) is 18.9 Å². The number of hydrogen-bond donors (Lipinski definition) is 1. The molecular formula is C7H8ClLiS. The molecule has 0 spiro atoms. The third-order valence-electron chi connectivity index (χ3n) is 1.19. The van der Waals surface area contributed by atoms with Gasteiger partial charge in [0.15, 0.2) is 0 Å². The van der Waals surface area contributed by atoms with E-state index in [2.05, 4.69) is 12.6 Å². The molecule has 0 aromatic heterocycles. The number of thiol groups is 1. The molecule has 0 saturated carbocycles. The first-order valence-corrected chi connectivity index (χ1v) is 3.48. The van der Waals surface area contributed by atoms with Gasteiger partial charge in [0.25, 0.3) is 0 Å². The molecule has 0 atom stereocenters. The predicted molar refractivity (Wildman–Crippen MR) is 50.6 cm³/mol. The van der Waals surface area contributed by atoms with E-state index < -0.39 is 0 Å². The second kappa shape index (κ2) is 4.36. The van der Waals surface area contributed by atoms with Crippen molar-refractivity contribution in [1.82, 2.24) is 0 Å². The van der Waals surface area contributed by atoms with Gasteiger partial charge in [0.05, 0.1) is 5.02 Å². The van der Waals surface area contributed by atoms with Gasteiger partial charge in [-0.05, 0) is 18.6 Å². The fourth-order valence-electron chi connectivity index (χ4n) is 0.623. The SMILES string of the molecule is Cc1cccc(Cl)c1S.[LiH]. The standard InChI is InChI=1S/C7H7ClS.Li.H/c1-5-3-2-4-6(8)7(5)9;;/h2-4,9H,1H3;;. The van der Waals surface area contributed by atoms with Crippen LogP contribution in [-0.4, -0.2) is 18.9 Å². The first-order valence-electron chi connectivity index (χ1n) is 2.66. The maximum atomic E-state index is 5.74. The van der Waals surface area contributed by atoms with Gasteiger partial charge in [0.1, 0.15) is 0 Å². The van der Waals surface area contributed by atoms with Crippen molar-refractivity contribution in [2.24, 2.45) is 0 Å². The van der Waals surface area contributed by atoms with Crippen molar-refractivity contribution in [2.75, 3.05) is 0 Å². The summed E-state index contributed by atoms with van der Waals surface area (Å²) in [5, 5.41) is 0.721. The molecule has 0 amide bonds. The summed E-state index contributed by atoms with van der Waals surface area (Å²) in [5.74, 6) is 0. The van der Waals surface area contributed by atoms with Gasteiger partial charge in [-0.25, -0.2) is 0 Å². The predicted octanol–water partition coefficient (Wildman–Crippen LogP) is 2.29. The Bertz CT molecular complexity index is 205. The summed E-state index contributed by atoms with van der Waals surface area (Å²) in [7, 11) is 0. The molecule has 0 aliphatic heterocycles. The van der Waals surface area contributed by atoms with Crippen LogP contribution in [0.4, 0.5) is 0 Å². The molecular weight excluding hydrogens is 159 g/mol. The normalized spacial score (nSPS) is 8.70. The summed E-state index contributed by atoms with van der Waals surface area (Å²) in [6.45, 7) is 1.98. The van der Waals surface area contributed by atoms with Crippen molar-refractivity contribution in [3.8, 4) is 0 Å². The first kappa shape index (κ1) is 10.5. The summed E-state index contributed by atoms with van der Waals surface area (Å²) in [6.07, 6.45) is 0. The van der Waals surface area contributed by atoms with Gasteiger partial charge in [-0.15, -0.1) is 12.6 Å². The molecule has 50 valence electrons. The van der Waals surface area contributed by atoms with Crippen LogP contribution in [0.25, 0.3) is 0 Å². The number of rotatable bonds is 0. The van der Waals surface area contributed by atoms with Crippen molar-refractivity contribution in [1.29, 1.82) is 0 Å². The van der Waals surface area contributed by atoms with Crippen LogP contribution in [0.5, 0.6) is 0 Å². The molecule has 0 heterocycles. The van der Waals surface area contributed by atoms with Crippen molar-refractivity contribution in [3.63, 3.8) is 0 Å². The van der Waals surface area contributed by atoms with Gasteiger partial charge in [0, 0.05) is 4.90 Å². The zero-order valence-corrected chi connectivity index (χ0v) is 6.71. The molecule has 0 bridgehead atoms. The van der Waals surface area contributed by atoms with Gasteiger partial charge in [-0.3, -0.25) is 0 Å². The van der Waals surface area contributed by atoms with Gasteiger partial charge >= 0.3 is 18.9 Å². The van der Waals surface area contributed by atoms with Gasteiger partial charge in [-0.1, -0.05) is 23.7 Å². The summed E-state index contributed by atoms with van der Waals surface area (Å²) in [6, 6.07) is 5.72. The molecule has 1 aromatic rings. The monoisotopic (exact) mass is 166 g/mol. The van der Waals surface area contributed by atoms with Crippen molar-refractivity contribution in [2.45, 2.75) is 11.8 Å². The van der Waals surface area contributed by atoms with Crippen LogP contribution in [0.15, 0.2) is 23.1 Å². The summed E-state index contributed by atoms with van der Waals surface area (Å²) in [5.41, 5.74) is 1.12. The van der Waals surface area contributed by atoms with Crippen LogP contribution in [0.1, 0.15) is 5.56 Å². The van der Waals surface area contributed by atoms with E-state index in [1.165, 1.54) is 0 Å². The molecule has 1 rings (SSSR count). The van der Waals surface area contributed by atoms with Crippen molar-refractivity contribution in [3.05, 3.63) is 28.8 Å². The zero-order valence-electron chi connectivity index (χ0n) is 5.06. The van der Waals surface area contributed by atoms with Crippen molar-refractivity contribution >= 4 is 43.1 Å². The van der Waals surface area contributed by atoms with Crippen molar-refractivity contribution < 1.29 is 0 Å². The molecule has 0 saturated heterocycles. The van der Waals surface area contributed by atoms with E-state index >= 15 is 0 Å². The second-order valence-electron chi connectivity index (χ2n) is 1.91. The number of halogens is 1. The molecule has 0 fully saturated rings. The van der Waals surface area contributed by atoms with E-state index in [4.69, 9.17) is 11.6 Å². The molecule has 1 aromatic carbocycles. The topological polar surface area (TPSA) is 0 Å².